The molecule has 1 aliphatic rings. The fourth-order valence-electron chi connectivity index (χ4n) is 3.18. The Kier molecular flexibility index (Phi) is 5.05. The van der Waals surface area contributed by atoms with Crippen LogP contribution >= 0.6 is 22.9 Å². The van der Waals surface area contributed by atoms with E-state index in [-0.39, 0.29) is 0 Å². The van der Waals surface area contributed by atoms with Gasteiger partial charge in [-0.2, -0.15) is 5.10 Å². The molecule has 0 spiro atoms. The number of rotatable bonds is 6. The number of nitrogens with zero attached hydrogens (tertiary/aromatic N) is 3. The van der Waals surface area contributed by atoms with Crippen molar-refractivity contribution in [1.82, 2.24) is 20.1 Å². The highest BCUT2D eigenvalue weighted by atomic mass is 35.5. The fraction of sp³-hybridized carbons (Fsp3) is 0.412. The molecule has 25 heavy (non-hydrogen) atoms. The summed E-state index contributed by atoms with van der Waals surface area (Å²) in [6, 6.07) is 6.10. The molecule has 4 rings (SSSR count). The third-order valence-corrected chi connectivity index (χ3v) is 5.76. The SMILES string of the molecule is Clc1ccc(CNc2cc(C3CCN(Cc4ncco4)CC3)n[nH]2)s1. The van der Waals surface area contributed by atoms with Crippen LogP contribution in [0.4, 0.5) is 5.82 Å². The van der Waals surface area contributed by atoms with Gasteiger partial charge in [0.05, 0.1) is 29.3 Å². The van der Waals surface area contributed by atoms with Gasteiger partial charge in [0, 0.05) is 16.9 Å². The highest BCUT2D eigenvalue weighted by Crippen LogP contribution is 2.29. The summed E-state index contributed by atoms with van der Waals surface area (Å²) in [5.74, 6) is 2.25. The predicted octanol–water partition coefficient (Wildman–Crippen LogP) is 4.10. The van der Waals surface area contributed by atoms with Gasteiger partial charge >= 0.3 is 0 Å². The zero-order valence-corrected chi connectivity index (χ0v) is 15.3. The molecule has 0 bridgehead atoms. The van der Waals surface area contributed by atoms with Gasteiger partial charge in [0.25, 0.3) is 0 Å². The topological polar surface area (TPSA) is 70.0 Å². The summed E-state index contributed by atoms with van der Waals surface area (Å²) in [7, 11) is 0. The lowest BCUT2D eigenvalue weighted by Gasteiger charge is -2.30. The van der Waals surface area contributed by atoms with Gasteiger partial charge in [-0.3, -0.25) is 10.00 Å². The minimum absolute atomic E-state index is 0.504. The van der Waals surface area contributed by atoms with Gasteiger partial charge in [-0.05, 0) is 38.1 Å². The van der Waals surface area contributed by atoms with Gasteiger partial charge in [0.15, 0.2) is 0 Å². The molecule has 1 saturated heterocycles. The lowest BCUT2D eigenvalue weighted by atomic mass is 9.93. The zero-order valence-electron chi connectivity index (χ0n) is 13.7. The third-order valence-electron chi connectivity index (χ3n) is 4.53. The van der Waals surface area contributed by atoms with Gasteiger partial charge in [-0.25, -0.2) is 4.98 Å². The van der Waals surface area contributed by atoms with Crippen molar-refractivity contribution in [3.8, 4) is 0 Å². The van der Waals surface area contributed by atoms with Gasteiger partial charge < -0.3 is 9.73 Å². The van der Waals surface area contributed by atoms with Crippen LogP contribution < -0.4 is 5.32 Å². The molecule has 6 nitrogen and oxygen atoms in total. The molecular formula is C17H20ClN5OS. The number of likely N-dealkylation sites (tertiary alicyclic amines) is 1. The molecule has 3 aromatic heterocycles. The molecule has 0 aromatic carbocycles. The molecule has 0 aliphatic carbocycles. The van der Waals surface area contributed by atoms with E-state index in [0.717, 1.165) is 60.8 Å². The highest BCUT2D eigenvalue weighted by Gasteiger charge is 2.23. The Labute approximate surface area is 155 Å². The molecular weight excluding hydrogens is 358 g/mol. The molecule has 8 heteroatoms. The Hall–Kier alpha value is -1.83. The van der Waals surface area contributed by atoms with Gasteiger partial charge in [0.2, 0.25) is 5.89 Å². The summed E-state index contributed by atoms with van der Waals surface area (Å²) < 4.78 is 6.15. The van der Waals surface area contributed by atoms with E-state index in [1.807, 2.05) is 12.1 Å². The van der Waals surface area contributed by atoms with E-state index in [1.165, 1.54) is 4.88 Å². The highest BCUT2D eigenvalue weighted by molar-refractivity contribution is 7.16. The molecule has 1 aliphatic heterocycles. The van der Waals surface area contributed by atoms with Crippen LogP contribution in [0.5, 0.6) is 0 Å². The summed E-state index contributed by atoms with van der Waals surface area (Å²) >= 11 is 7.55. The Morgan fingerprint density at radius 2 is 2.24 bits per heavy atom. The summed E-state index contributed by atoms with van der Waals surface area (Å²) in [5.41, 5.74) is 1.14. The van der Waals surface area contributed by atoms with Crippen molar-refractivity contribution in [2.45, 2.75) is 31.8 Å². The number of nitrogens with one attached hydrogen (secondary N) is 2. The van der Waals surface area contributed by atoms with Crippen molar-refractivity contribution in [2.75, 3.05) is 18.4 Å². The Morgan fingerprint density at radius 1 is 1.36 bits per heavy atom. The lowest BCUT2D eigenvalue weighted by Crippen LogP contribution is -2.32. The molecule has 0 amide bonds. The van der Waals surface area contributed by atoms with Gasteiger partial charge in [-0.1, -0.05) is 11.6 Å². The minimum Gasteiger partial charge on any atom is -0.448 e. The van der Waals surface area contributed by atoms with Crippen LogP contribution in [0.15, 0.2) is 35.1 Å². The number of H-pyrrole nitrogens is 1. The molecule has 0 unspecified atom stereocenters. The minimum atomic E-state index is 0.504. The molecule has 132 valence electrons. The number of hydrogen-bond acceptors (Lipinski definition) is 6. The summed E-state index contributed by atoms with van der Waals surface area (Å²) in [4.78, 5) is 7.79. The summed E-state index contributed by atoms with van der Waals surface area (Å²) in [5, 5.41) is 11.0. The summed E-state index contributed by atoms with van der Waals surface area (Å²) in [6.07, 6.45) is 5.53. The largest absolute Gasteiger partial charge is 0.448 e. The average Bonchev–Trinajstić information content (AvgIpc) is 3.36. The normalized spacial score (nSPS) is 16.4. The first-order valence-electron chi connectivity index (χ1n) is 8.40. The Balaban J connectivity index is 1.27. The molecule has 0 radical (unpaired) electrons. The van der Waals surface area contributed by atoms with Crippen molar-refractivity contribution in [1.29, 1.82) is 0 Å². The van der Waals surface area contributed by atoms with Crippen molar-refractivity contribution in [2.24, 2.45) is 0 Å². The predicted molar refractivity (Wildman–Crippen MR) is 99.0 cm³/mol. The van der Waals surface area contributed by atoms with E-state index in [0.29, 0.717) is 5.92 Å². The number of aromatic nitrogens is 3. The van der Waals surface area contributed by atoms with E-state index in [9.17, 15) is 0 Å². The second-order valence-electron chi connectivity index (χ2n) is 6.24. The van der Waals surface area contributed by atoms with Crippen LogP contribution in [-0.4, -0.2) is 33.2 Å². The van der Waals surface area contributed by atoms with Crippen LogP contribution in [-0.2, 0) is 13.1 Å². The summed E-state index contributed by atoms with van der Waals surface area (Å²) in [6.45, 7) is 3.62. The quantitative estimate of drug-likeness (QED) is 0.676. The number of halogens is 1. The number of thiophene rings is 1. The zero-order chi connectivity index (χ0) is 17.1. The van der Waals surface area contributed by atoms with E-state index < -0.39 is 0 Å². The van der Waals surface area contributed by atoms with E-state index >= 15 is 0 Å². The maximum absolute atomic E-state index is 5.96. The van der Waals surface area contributed by atoms with E-state index in [4.69, 9.17) is 16.0 Å². The average molecular weight is 378 g/mol. The first kappa shape index (κ1) is 16.6. The second kappa shape index (κ2) is 7.59. The molecule has 0 saturated carbocycles. The standard InChI is InChI=1S/C17H20ClN5OS/c18-15-2-1-13(25-15)10-20-16-9-14(21-22-16)12-3-6-23(7-4-12)11-17-19-5-8-24-17/h1-2,5,8-9,12H,3-4,6-7,10-11H2,(H2,20,21,22). The molecule has 4 heterocycles. The van der Waals surface area contributed by atoms with Gasteiger partial charge in [0.1, 0.15) is 12.1 Å². The van der Waals surface area contributed by atoms with Crippen LogP contribution in [0.3, 0.4) is 0 Å². The van der Waals surface area contributed by atoms with Crippen LogP contribution in [0, 0.1) is 0 Å². The maximum Gasteiger partial charge on any atom is 0.208 e. The number of hydrogen-bond donors (Lipinski definition) is 2. The maximum atomic E-state index is 5.96. The van der Waals surface area contributed by atoms with E-state index in [2.05, 4.69) is 31.5 Å². The number of aromatic amines is 1. The first-order chi connectivity index (χ1) is 12.3. The van der Waals surface area contributed by atoms with Gasteiger partial charge in [-0.15, -0.1) is 11.3 Å². The molecule has 3 aromatic rings. The van der Waals surface area contributed by atoms with Crippen LogP contribution in [0.1, 0.15) is 35.2 Å². The van der Waals surface area contributed by atoms with Crippen LogP contribution in [0.25, 0.3) is 0 Å². The number of piperidine rings is 1. The third kappa shape index (κ3) is 4.23. The van der Waals surface area contributed by atoms with Crippen molar-refractivity contribution < 1.29 is 4.42 Å². The number of anilines is 1. The fourth-order valence-corrected chi connectivity index (χ4v) is 4.20. The Morgan fingerprint density at radius 3 is 2.96 bits per heavy atom. The molecule has 0 atom stereocenters. The van der Waals surface area contributed by atoms with E-state index in [1.54, 1.807) is 23.8 Å². The Bertz CT molecular complexity index is 792. The second-order valence-corrected chi connectivity index (χ2v) is 8.04. The van der Waals surface area contributed by atoms with Crippen molar-refractivity contribution in [3.63, 3.8) is 0 Å². The lowest BCUT2D eigenvalue weighted by molar-refractivity contribution is 0.186. The van der Waals surface area contributed by atoms with Crippen molar-refractivity contribution in [3.05, 3.63) is 51.5 Å². The van der Waals surface area contributed by atoms with Crippen molar-refractivity contribution >= 4 is 28.8 Å². The molecule has 1 fully saturated rings. The van der Waals surface area contributed by atoms with Crippen LogP contribution in [0.2, 0.25) is 4.34 Å². The molecule has 2 N–H and O–H groups in total. The smallest absolute Gasteiger partial charge is 0.208 e. The number of oxazole rings is 1. The first-order valence-corrected chi connectivity index (χ1v) is 9.60. The monoisotopic (exact) mass is 377 g/mol.